The summed E-state index contributed by atoms with van der Waals surface area (Å²) < 4.78 is 29.5. The molecule has 0 aliphatic carbocycles. The molecule has 0 N–H and O–H groups in total. The number of imidazole rings is 1. The molecular weight excluding hydrogens is 316 g/mol. The van der Waals surface area contributed by atoms with Crippen LogP contribution in [0.5, 0.6) is 5.88 Å². The van der Waals surface area contributed by atoms with Crippen LogP contribution < -0.4 is 4.74 Å². The Hall–Kier alpha value is -1.41. The second-order valence-electron chi connectivity index (χ2n) is 4.66. The van der Waals surface area contributed by atoms with E-state index in [1.807, 2.05) is 4.57 Å². The molecular formula is C12H17ClN4O3S. The molecule has 0 aliphatic heterocycles. The number of hydrogen-bond acceptors (Lipinski definition) is 6. The van der Waals surface area contributed by atoms with Crippen molar-refractivity contribution in [2.75, 3.05) is 25.0 Å². The maximum Gasteiger partial charge on any atom is 0.245 e. The van der Waals surface area contributed by atoms with Crippen LogP contribution in [0.1, 0.15) is 12.2 Å². The number of halogens is 1. The molecule has 0 amide bonds. The monoisotopic (exact) mass is 332 g/mol. The van der Waals surface area contributed by atoms with Crippen LogP contribution in [-0.4, -0.2) is 52.9 Å². The quantitative estimate of drug-likeness (QED) is 0.704. The summed E-state index contributed by atoms with van der Waals surface area (Å²) in [4.78, 5) is 12.7. The number of sulfone groups is 1. The lowest BCUT2D eigenvalue weighted by atomic mass is 10.4. The maximum absolute atomic E-state index is 11.2. The summed E-state index contributed by atoms with van der Waals surface area (Å²) in [6.45, 7) is 0.510. The Balaban J connectivity index is 2.37. The molecule has 0 atom stereocenters. The van der Waals surface area contributed by atoms with Gasteiger partial charge in [-0.05, 0) is 6.42 Å². The van der Waals surface area contributed by atoms with Crippen molar-refractivity contribution in [2.45, 2.75) is 19.4 Å². The summed E-state index contributed by atoms with van der Waals surface area (Å²) >= 11 is 5.80. The third kappa shape index (κ3) is 3.82. The highest BCUT2D eigenvalue weighted by molar-refractivity contribution is 7.90. The Bertz CT molecular complexity index is 729. The first-order valence-electron chi connectivity index (χ1n) is 6.44. The third-order valence-electron chi connectivity index (χ3n) is 2.99. The van der Waals surface area contributed by atoms with Crippen LogP contribution in [-0.2, 0) is 22.8 Å². The Morgan fingerprint density at radius 1 is 1.38 bits per heavy atom. The Morgan fingerprint density at radius 2 is 2.14 bits per heavy atom. The molecule has 0 radical (unpaired) electrons. The van der Waals surface area contributed by atoms with Gasteiger partial charge in [0, 0.05) is 25.1 Å². The number of aryl methyl sites for hydroxylation is 2. The zero-order valence-corrected chi connectivity index (χ0v) is 13.5. The fourth-order valence-electron chi connectivity index (χ4n) is 2.11. The highest BCUT2D eigenvalue weighted by Crippen LogP contribution is 2.22. The fraction of sp³-hybridized carbons (Fsp3) is 0.583. The number of rotatable bonds is 7. The second-order valence-corrected chi connectivity index (χ2v) is 7.29. The molecule has 2 aromatic rings. The van der Waals surface area contributed by atoms with E-state index in [4.69, 9.17) is 16.3 Å². The van der Waals surface area contributed by atoms with Gasteiger partial charge in [0.15, 0.2) is 11.2 Å². The number of hydrogen-bond donors (Lipinski definition) is 0. The lowest BCUT2D eigenvalue weighted by Crippen LogP contribution is -2.10. The van der Waals surface area contributed by atoms with Gasteiger partial charge in [0.05, 0.1) is 12.9 Å². The minimum atomic E-state index is -2.99. The SMILES string of the molecule is COc1ncnc2c1nc(CCCl)n2CCCS(C)(=O)=O. The second kappa shape index (κ2) is 6.57. The van der Waals surface area contributed by atoms with Crippen molar-refractivity contribution in [1.82, 2.24) is 19.5 Å². The van der Waals surface area contributed by atoms with Gasteiger partial charge in [0.2, 0.25) is 5.88 Å². The van der Waals surface area contributed by atoms with Crippen molar-refractivity contribution in [2.24, 2.45) is 0 Å². The molecule has 7 nitrogen and oxygen atoms in total. The molecule has 2 heterocycles. The summed E-state index contributed by atoms with van der Waals surface area (Å²) in [6.07, 6.45) is 3.69. The normalized spacial score (nSPS) is 12.0. The summed E-state index contributed by atoms with van der Waals surface area (Å²) in [6, 6.07) is 0. The average molecular weight is 333 g/mol. The molecule has 2 aromatic heterocycles. The van der Waals surface area contributed by atoms with E-state index in [-0.39, 0.29) is 5.75 Å². The van der Waals surface area contributed by atoms with E-state index in [1.54, 1.807) is 0 Å². The van der Waals surface area contributed by atoms with Crippen molar-refractivity contribution in [3.63, 3.8) is 0 Å². The van der Waals surface area contributed by atoms with Gasteiger partial charge in [0.1, 0.15) is 22.0 Å². The fourth-order valence-corrected chi connectivity index (χ4v) is 2.93. The highest BCUT2D eigenvalue weighted by atomic mass is 35.5. The standard InChI is InChI=1S/C12H17ClN4O3S/c1-20-12-10-11(14-8-15-12)17(9(16-10)4-5-13)6-3-7-21(2,18)19/h8H,3-7H2,1-2H3. The van der Waals surface area contributed by atoms with Crippen LogP contribution >= 0.6 is 11.6 Å². The van der Waals surface area contributed by atoms with Crippen LogP contribution in [0.3, 0.4) is 0 Å². The predicted molar refractivity (Wildman–Crippen MR) is 80.6 cm³/mol. The Morgan fingerprint density at radius 3 is 2.76 bits per heavy atom. The average Bonchev–Trinajstić information content (AvgIpc) is 2.76. The molecule has 0 aromatic carbocycles. The van der Waals surface area contributed by atoms with Gasteiger partial charge in [-0.1, -0.05) is 0 Å². The van der Waals surface area contributed by atoms with E-state index in [0.717, 1.165) is 5.82 Å². The molecule has 0 bridgehead atoms. The summed E-state index contributed by atoms with van der Waals surface area (Å²) in [7, 11) is -1.47. The van der Waals surface area contributed by atoms with Crippen molar-refractivity contribution >= 4 is 32.6 Å². The van der Waals surface area contributed by atoms with E-state index < -0.39 is 9.84 Å². The van der Waals surface area contributed by atoms with Gasteiger partial charge in [-0.25, -0.2) is 18.4 Å². The van der Waals surface area contributed by atoms with Gasteiger partial charge in [-0.3, -0.25) is 0 Å². The predicted octanol–water partition coefficient (Wildman–Crippen LogP) is 1.05. The summed E-state index contributed by atoms with van der Waals surface area (Å²) in [5.41, 5.74) is 1.20. The van der Waals surface area contributed by atoms with E-state index in [1.165, 1.54) is 19.7 Å². The smallest absolute Gasteiger partial charge is 0.245 e. The first kappa shape index (κ1) is 16.0. The number of methoxy groups -OCH3 is 1. The van der Waals surface area contributed by atoms with E-state index in [0.29, 0.717) is 42.3 Å². The molecule has 0 fully saturated rings. The van der Waals surface area contributed by atoms with E-state index in [9.17, 15) is 8.42 Å². The van der Waals surface area contributed by atoms with Crippen LogP contribution in [0.25, 0.3) is 11.2 Å². The highest BCUT2D eigenvalue weighted by Gasteiger charge is 2.16. The molecule has 0 aliphatic rings. The van der Waals surface area contributed by atoms with Crippen molar-refractivity contribution in [1.29, 1.82) is 0 Å². The van der Waals surface area contributed by atoms with Gasteiger partial charge >= 0.3 is 0 Å². The van der Waals surface area contributed by atoms with Crippen molar-refractivity contribution in [3.05, 3.63) is 12.2 Å². The van der Waals surface area contributed by atoms with Gasteiger partial charge in [-0.2, -0.15) is 4.98 Å². The number of aromatic nitrogens is 4. The number of alkyl halides is 1. The zero-order valence-electron chi connectivity index (χ0n) is 11.9. The first-order valence-corrected chi connectivity index (χ1v) is 9.03. The summed E-state index contributed by atoms with van der Waals surface area (Å²) in [5, 5.41) is 0. The van der Waals surface area contributed by atoms with Crippen LogP contribution in [0, 0.1) is 0 Å². The maximum atomic E-state index is 11.2. The third-order valence-corrected chi connectivity index (χ3v) is 4.21. The molecule has 9 heteroatoms. The zero-order chi connectivity index (χ0) is 15.5. The molecule has 116 valence electrons. The Kier molecular flexibility index (Phi) is 5.00. The van der Waals surface area contributed by atoms with Gasteiger partial charge < -0.3 is 9.30 Å². The minimum Gasteiger partial charge on any atom is -0.479 e. The lowest BCUT2D eigenvalue weighted by Gasteiger charge is -2.07. The largest absolute Gasteiger partial charge is 0.479 e. The lowest BCUT2D eigenvalue weighted by molar-refractivity contribution is 0.401. The Labute approximate surface area is 128 Å². The van der Waals surface area contributed by atoms with Gasteiger partial charge in [0.25, 0.3) is 0 Å². The van der Waals surface area contributed by atoms with Crippen molar-refractivity contribution in [3.8, 4) is 5.88 Å². The topological polar surface area (TPSA) is 87.0 Å². The van der Waals surface area contributed by atoms with Gasteiger partial charge in [-0.15, -0.1) is 11.6 Å². The number of fused-ring (bicyclic) bond motifs is 1. The molecule has 2 rings (SSSR count). The first-order chi connectivity index (χ1) is 9.96. The summed E-state index contributed by atoms with van der Waals surface area (Å²) in [5.74, 6) is 1.70. The molecule has 21 heavy (non-hydrogen) atoms. The van der Waals surface area contributed by atoms with E-state index >= 15 is 0 Å². The van der Waals surface area contributed by atoms with Crippen LogP contribution in [0.2, 0.25) is 0 Å². The molecule has 0 saturated heterocycles. The molecule has 0 spiro atoms. The van der Waals surface area contributed by atoms with E-state index in [2.05, 4.69) is 15.0 Å². The molecule has 0 unspecified atom stereocenters. The minimum absolute atomic E-state index is 0.120. The van der Waals surface area contributed by atoms with Crippen LogP contribution in [0.4, 0.5) is 0 Å². The molecule has 0 saturated carbocycles. The van der Waals surface area contributed by atoms with Crippen molar-refractivity contribution < 1.29 is 13.2 Å². The van der Waals surface area contributed by atoms with Crippen LogP contribution in [0.15, 0.2) is 6.33 Å². The number of ether oxygens (including phenoxy) is 1. The number of nitrogens with zero attached hydrogens (tertiary/aromatic N) is 4.